The van der Waals surface area contributed by atoms with Gasteiger partial charge in [-0.1, -0.05) is 27.7 Å². The zero-order chi connectivity index (χ0) is 19.2. The normalized spacial score (nSPS) is 15.3. The highest BCUT2D eigenvalue weighted by molar-refractivity contribution is 5.43. The zero-order valence-electron chi connectivity index (χ0n) is 16.4. The van der Waals surface area contributed by atoms with Crippen LogP contribution in [0.25, 0.3) is 5.65 Å². The van der Waals surface area contributed by atoms with E-state index in [1.54, 1.807) is 4.52 Å². The molecule has 0 atom stereocenters. The highest BCUT2D eigenvalue weighted by atomic mass is 16.1. The fourth-order valence-electron chi connectivity index (χ4n) is 3.47. The molecule has 0 fully saturated rings. The third-order valence-electron chi connectivity index (χ3n) is 5.13. The topological polar surface area (TPSA) is 79.2 Å². The molecule has 0 bridgehead atoms. The highest BCUT2D eigenvalue weighted by Crippen LogP contribution is 2.22. The third kappa shape index (κ3) is 3.39. The van der Waals surface area contributed by atoms with E-state index in [2.05, 4.69) is 40.7 Å². The molecule has 3 aromatic rings. The van der Waals surface area contributed by atoms with Crippen LogP contribution in [-0.2, 0) is 31.3 Å². The van der Waals surface area contributed by atoms with Crippen LogP contribution in [-0.4, -0.2) is 36.0 Å². The van der Waals surface area contributed by atoms with Gasteiger partial charge in [-0.05, 0) is 6.42 Å². The Morgan fingerprint density at radius 2 is 1.96 bits per heavy atom. The minimum Gasteiger partial charge on any atom is -0.293 e. The van der Waals surface area contributed by atoms with Crippen LogP contribution >= 0.6 is 0 Å². The van der Waals surface area contributed by atoms with E-state index in [1.165, 1.54) is 0 Å². The molecule has 27 heavy (non-hydrogen) atoms. The summed E-state index contributed by atoms with van der Waals surface area (Å²) in [5.41, 5.74) is 4.48. The molecule has 0 saturated carbocycles. The number of nitrogens with one attached hydrogen (secondary N) is 1. The highest BCUT2D eigenvalue weighted by Gasteiger charge is 2.24. The van der Waals surface area contributed by atoms with Gasteiger partial charge in [0.1, 0.15) is 5.82 Å². The molecule has 4 heterocycles. The first-order chi connectivity index (χ1) is 12.8. The van der Waals surface area contributed by atoms with Gasteiger partial charge in [-0.2, -0.15) is 0 Å². The van der Waals surface area contributed by atoms with Crippen molar-refractivity contribution < 1.29 is 0 Å². The molecule has 1 aliphatic heterocycles. The second-order valence-electron chi connectivity index (χ2n) is 8.28. The Morgan fingerprint density at radius 3 is 2.63 bits per heavy atom. The van der Waals surface area contributed by atoms with Crippen molar-refractivity contribution in [1.29, 1.82) is 0 Å². The van der Waals surface area contributed by atoms with Gasteiger partial charge < -0.3 is 0 Å². The molecule has 0 unspecified atom stereocenters. The van der Waals surface area contributed by atoms with Gasteiger partial charge in [0.25, 0.3) is 5.56 Å². The summed E-state index contributed by atoms with van der Waals surface area (Å²) in [6, 6.07) is 1.98. The number of fused-ring (bicyclic) bond motifs is 2. The third-order valence-corrected chi connectivity index (χ3v) is 5.13. The Bertz CT molecular complexity index is 1030. The number of aromatic amines is 1. The van der Waals surface area contributed by atoms with Crippen LogP contribution in [0, 0.1) is 0 Å². The maximum Gasteiger partial charge on any atom is 0.276 e. The quantitative estimate of drug-likeness (QED) is 0.769. The van der Waals surface area contributed by atoms with Gasteiger partial charge in [0, 0.05) is 66.8 Å². The second kappa shape index (κ2) is 6.56. The van der Waals surface area contributed by atoms with E-state index in [1.807, 2.05) is 25.4 Å². The lowest BCUT2D eigenvalue weighted by atomic mass is 9.93. The Hall–Kier alpha value is -2.54. The first kappa shape index (κ1) is 17.9. The van der Waals surface area contributed by atoms with E-state index < -0.39 is 0 Å². The Balaban J connectivity index is 1.61. The largest absolute Gasteiger partial charge is 0.293 e. The summed E-state index contributed by atoms with van der Waals surface area (Å²) < 4.78 is 1.59. The number of aryl methyl sites for hydroxylation is 1. The van der Waals surface area contributed by atoms with Crippen molar-refractivity contribution in [3.63, 3.8) is 0 Å². The van der Waals surface area contributed by atoms with Crippen molar-refractivity contribution in [2.75, 3.05) is 6.54 Å². The summed E-state index contributed by atoms with van der Waals surface area (Å²) in [7, 11) is 0. The molecule has 7 heteroatoms. The monoisotopic (exact) mass is 366 g/mol. The van der Waals surface area contributed by atoms with Crippen LogP contribution in [0.4, 0.5) is 0 Å². The fraction of sp³-hybridized carbons (Fsp3) is 0.500. The predicted octanol–water partition coefficient (Wildman–Crippen LogP) is 2.23. The molecule has 0 saturated heterocycles. The summed E-state index contributed by atoms with van der Waals surface area (Å²) in [5.74, 6) is 0.863. The summed E-state index contributed by atoms with van der Waals surface area (Å²) in [4.78, 5) is 28.7. The predicted molar refractivity (Wildman–Crippen MR) is 104 cm³/mol. The van der Waals surface area contributed by atoms with Crippen molar-refractivity contribution in [2.45, 2.75) is 59.0 Å². The summed E-state index contributed by atoms with van der Waals surface area (Å²) in [6.45, 7) is 10.7. The summed E-state index contributed by atoms with van der Waals surface area (Å²) in [5, 5.41) is 3.23. The van der Waals surface area contributed by atoms with Gasteiger partial charge in [0.15, 0.2) is 5.65 Å². The Morgan fingerprint density at radius 1 is 1.22 bits per heavy atom. The van der Waals surface area contributed by atoms with E-state index in [9.17, 15) is 4.79 Å². The number of rotatable bonds is 3. The first-order valence-electron chi connectivity index (χ1n) is 9.51. The molecular formula is C20H26N6O. The van der Waals surface area contributed by atoms with Crippen LogP contribution in [0.3, 0.4) is 0 Å². The van der Waals surface area contributed by atoms with Gasteiger partial charge in [0.2, 0.25) is 0 Å². The summed E-state index contributed by atoms with van der Waals surface area (Å²) >= 11 is 0. The average molecular weight is 366 g/mol. The lowest BCUT2D eigenvalue weighted by molar-refractivity contribution is 0.240. The minimum absolute atomic E-state index is 0.0285. The minimum atomic E-state index is -0.0582. The van der Waals surface area contributed by atoms with Crippen LogP contribution in [0.1, 0.15) is 56.0 Å². The van der Waals surface area contributed by atoms with Crippen molar-refractivity contribution in [3.05, 3.63) is 57.2 Å². The molecule has 0 radical (unpaired) electrons. The number of nitrogens with zero attached hydrogens (tertiary/aromatic N) is 5. The molecule has 0 amide bonds. The zero-order valence-corrected chi connectivity index (χ0v) is 16.4. The van der Waals surface area contributed by atoms with E-state index >= 15 is 0 Å². The van der Waals surface area contributed by atoms with Gasteiger partial charge in [-0.15, -0.1) is 0 Å². The standard InChI is InChI=1S/C20H26N6O/c1-5-17-21-9-13(10-22-17)11-25-7-6-14-15(12-25)23-18-8-16(20(2,3)4)24-26(18)19(14)27/h8-10,24H,5-7,11-12H2,1-4H3. The maximum absolute atomic E-state index is 12.9. The molecule has 1 N–H and O–H groups in total. The second-order valence-corrected chi connectivity index (χ2v) is 8.28. The maximum atomic E-state index is 12.9. The van der Waals surface area contributed by atoms with Crippen molar-refractivity contribution in [2.24, 2.45) is 0 Å². The number of hydrogen-bond acceptors (Lipinski definition) is 5. The van der Waals surface area contributed by atoms with Gasteiger partial charge in [-0.3, -0.25) is 14.8 Å². The van der Waals surface area contributed by atoms with E-state index in [4.69, 9.17) is 4.98 Å². The molecule has 0 spiro atoms. The lowest BCUT2D eigenvalue weighted by Gasteiger charge is -2.27. The summed E-state index contributed by atoms with van der Waals surface area (Å²) in [6.07, 6.45) is 5.35. The molecule has 0 aliphatic carbocycles. The number of H-pyrrole nitrogens is 1. The smallest absolute Gasteiger partial charge is 0.276 e. The van der Waals surface area contributed by atoms with Crippen LogP contribution in [0.15, 0.2) is 23.3 Å². The van der Waals surface area contributed by atoms with Crippen LogP contribution in [0.2, 0.25) is 0 Å². The number of hydrogen-bond donors (Lipinski definition) is 1. The lowest BCUT2D eigenvalue weighted by Crippen LogP contribution is -2.36. The van der Waals surface area contributed by atoms with E-state index in [0.717, 1.165) is 47.8 Å². The molecule has 3 aromatic heterocycles. The van der Waals surface area contributed by atoms with E-state index in [0.29, 0.717) is 18.6 Å². The fourth-order valence-corrected chi connectivity index (χ4v) is 3.47. The van der Waals surface area contributed by atoms with Gasteiger partial charge in [-0.25, -0.2) is 19.5 Å². The molecule has 142 valence electrons. The van der Waals surface area contributed by atoms with Crippen molar-refractivity contribution in [1.82, 2.24) is 29.5 Å². The number of aromatic nitrogens is 5. The van der Waals surface area contributed by atoms with Crippen LogP contribution in [0.5, 0.6) is 0 Å². The molecular weight excluding hydrogens is 340 g/mol. The SMILES string of the molecule is CCc1ncc(CN2CCc3c(nc4cc(C(C)(C)C)[nH]n4c3=O)C2)cn1. The van der Waals surface area contributed by atoms with Gasteiger partial charge in [0.05, 0.1) is 5.69 Å². The Labute approximate surface area is 158 Å². The molecule has 1 aliphatic rings. The molecule has 0 aromatic carbocycles. The first-order valence-corrected chi connectivity index (χ1v) is 9.51. The average Bonchev–Trinajstić information content (AvgIpc) is 3.07. The molecule has 7 nitrogen and oxygen atoms in total. The molecule has 4 rings (SSSR count). The van der Waals surface area contributed by atoms with Crippen molar-refractivity contribution in [3.8, 4) is 0 Å². The van der Waals surface area contributed by atoms with E-state index in [-0.39, 0.29) is 11.0 Å². The van der Waals surface area contributed by atoms with Crippen molar-refractivity contribution >= 4 is 5.65 Å². The van der Waals surface area contributed by atoms with Crippen LogP contribution < -0.4 is 5.56 Å². The Kier molecular flexibility index (Phi) is 4.34. The van der Waals surface area contributed by atoms with Gasteiger partial charge >= 0.3 is 0 Å².